The molecular formula is C22H14Cl3FN2O2. The predicted molar refractivity (Wildman–Crippen MR) is 116 cm³/mol. The fourth-order valence-electron chi connectivity index (χ4n) is 3.49. The number of benzene rings is 3. The van der Waals surface area contributed by atoms with E-state index in [2.05, 4.69) is 5.32 Å². The number of halogens is 4. The van der Waals surface area contributed by atoms with Gasteiger partial charge in [0, 0.05) is 21.3 Å². The Labute approximate surface area is 187 Å². The summed E-state index contributed by atoms with van der Waals surface area (Å²) in [7, 11) is 0. The minimum Gasteiger partial charge on any atom is -0.324 e. The smallest absolute Gasteiger partial charge is 0.256 e. The van der Waals surface area contributed by atoms with Crippen LogP contribution in [0.4, 0.5) is 10.1 Å². The van der Waals surface area contributed by atoms with Gasteiger partial charge in [0.2, 0.25) is 5.91 Å². The molecule has 0 spiro atoms. The van der Waals surface area contributed by atoms with Gasteiger partial charge >= 0.3 is 0 Å². The fraction of sp³-hybridized carbons (Fsp3) is 0.0909. The second-order valence-electron chi connectivity index (χ2n) is 6.79. The number of nitrogens with zero attached hydrogens (tertiary/aromatic N) is 1. The molecule has 0 radical (unpaired) electrons. The van der Waals surface area contributed by atoms with E-state index in [1.807, 2.05) is 0 Å². The Hall–Kier alpha value is -2.60. The molecule has 3 aromatic carbocycles. The highest BCUT2D eigenvalue weighted by Gasteiger charge is 2.34. The van der Waals surface area contributed by atoms with Crippen LogP contribution in [0.3, 0.4) is 0 Å². The highest BCUT2D eigenvalue weighted by atomic mass is 35.5. The molecule has 0 bridgehead atoms. The summed E-state index contributed by atoms with van der Waals surface area (Å²) in [5.74, 6) is -1.25. The van der Waals surface area contributed by atoms with Crippen LogP contribution in [-0.4, -0.2) is 23.3 Å². The van der Waals surface area contributed by atoms with Crippen LogP contribution in [0.1, 0.15) is 27.5 Å². The minimum absolute atomic E-state index is 0.168. The maximum Gasteiger partial charge on any atom is 0.256 e. The standard InChI is InChI=1S/C22H14Cl3FN2O2/c23-13-4-8-19-17(9-13)21(12-1-5-15(26)6-2-12)28(11-20(29)27-19)22(30)16-7-3-14(24)10-18(16)25/h1-10,21H,11H2,(H,27,29). The lowest BCUT2D eigenvalue weighted by atomic mass is 9.95. The van der Waals surface area contributed by atoms with Crippen molar-refractivity contribution in [1.29, 1.82) is 0 Å². The highest BCUT2D eigenvalue weighted by molar-refractivity contribution is 6.36. The van der Waals surface area contributed by atoms with Crippen LogP contribution in [0.15, 0.2) is 60.7 Å². The summed E-state index contributed by atoms with van der Waals surface area (Å²) >= 11 is 18.4. The van der Waals surface area contributed by atoms with Crippen LogP contribution >= 0.6 is 34.8 Å². The van der Waals surface area contributed by atoms with Crippen LogP contribution in [0.2, 0.25) is 15.1 Å². The van der Waals surface area contributed by atoms with Crippen molar-refractivity contribution < 1.29 is 14.0 Å². The Balaban J connectivity index is 1.90. The van der Waals surface area contributed by atoms with E-state index in [-0.39, 0.29) is 23.0 Å². The van der Waals surface area contributed by atoms with E-state index in [0.717, 1.165) is 0 Å². The lowest BCUT2D eigenvalue weighted by Gasteiger charge is -2.31. The molecule has 1 N–H and O–H groups in total. The first kappa shape index (κ1) is 20.7. The van der Waals surface area contributed by atoms with Gasteiger partial charge in [-0.15, -0.1) is 0 Å². The maximum atomic E-state index is 13.6. The molecule has 4 nitrogen and oxygen atoms in total. The molecule has 2 amide bonds. The fourth-order valence-corrected chi connectivity index (χ4v) is 4.16. The quantitative estimate of drug-likeness (QED) is 0.509. The number of hydrogen-bond donors (Lipinski definition) is 1. The van der Waals surface area contributed by atoms with E-state index in [1.165, 1.54) is 29.2 Å². The number of hydrogen-bond acceptors (Lipinski definition) is 2. The average molecular weight is 464 g/mol. The Kier molecular flexibility index (Phi) is 5.69. The maximum absolute atomic E-state index is 13.6. The minimum atomic E-state index is -0.697. The molecular weight excluding hydrogens is 450 g/mol. The molecule has 0 fully saturated rings. The van der Waals surface area contributed by atoms with Gasteiger partial charge in [-0.1, -0.05) is 46.9 Å². The molecule has 8 heteroatoms. The van der Waals surface area contributed by atoms with Gasteiger partial charge in [0.15, 0.2) is 0 Å². The number of anilines is 1. The summed E-state index contributed by atoms with van der Waals surface area (Å²) < 4.78 is 13.6. The zero-order chi connectivity index (χ0) is 21.4. The number of amides is 2. The molecule has 1 aliphatic rings. The summed E-state index contributed by atoms with van der Waals surface area (Å²) in [5, 5.41) is 3.79. The Morgan fingerprint density at radius 1 is 0.967 bits per heavy atom. The highest BCUT2D eigenvalue weighted by Crippen LogP contribution is 2.38. The first-order valence-corrected chi connectivity index (χ1v) is 10.1. The van der Waals surface area contributed by atoms with Gasteiger partial charge in [-0.25, -0.2) is 4.39 Å². The van der Waals surface area contributed by atoms with Gasteiger partial charge in [0.05, 0.1) is 16.6 Å². The third-order valence-corrected chi connectivity index (χ3v) is 5.60. The Bertz CT molecular complexity index is 1150. The van der Waals surface area contributed by atoms with Crippen molar-refractivity contribution in [3.63, 3.8) is 0 Å². The van der Waals surface area contributed by atoms with Gasteiger partial charge in [0.25, 0.3) is 5.91 Å². The topological polar surface area (TPSA) is 49.4 Å². The molecule has 152 valence electrons. The van der Waals surface area contributed by atoms with Crippen LogP contribution in [0, 0.1) is 5.82 Å². The van der Waals surface area contributed by atoms with E-state index < -0.39 is 17.8 Å². The molecule has 0 saturated heterocycles. The normalized spacial score (nSPS) is 15.9. The van der Waals surface area contributed by atoms with E-state index in [0.29, 0.717) is 26.9 Å². The van der Waals surface area contributed by atoms with Crippen molar-refractivity contribution in [2.75, 3.05) is 11.9 Å². The second-order valence-corrected chi connectivity index (χ2v) is 8.07. The van der Waals surface area contributed by atoms with E-state index in [1.54, 1.807) is 36.4 Å². The van der Waals surface area contributed by atoms with Crippen molar-refractivity contribution in [2.24, 2.45) is 0 Å². The number of rotatable bonds is 2. The van der Waals surface area contributed by atoms with Gasteiger partial charge < -0.3 is 10.2 Å². The monoisotopic (exact) mass is 462 g/mol. The lowest BCUT2D eigenvalue weighted by Crippen LogP contribution is -2.39. The van der Waals surface area contributed by atoms with E-state index in [9.17, 15) is 14.0 Å². The first-order chi connectivity index (χ1) is 14.3. The van der Waals surface area contributed by atoms with Gasteiger partial charge in [-0.05, 0) is 54.1 Å². The molecule has 3 aromatic rings. The molecule has 30 heavy (non-hydrogen) atoms. The van der Waals surface area contributed by atoms with Crippen molar-refractivity contribution in [1.82, 2.24) is 4.90 Å². The largest absolute Gasteiger partial charge is 0.324 e. The number of nitrogens with one attached hydrogen (secondary N) is 1. The summed E-state index contributed by atoms with van der Waals surface area (Å²) in [6.07, 6.45) is 0. The van der Waals surface area contributed by atoms with Crippen molar-refractivity contribution in [2.45, 2.75) is 6.04 Å². The third kappa shape index (κ3) is 4.01. The average Bonchev–Trinajstić information content (AvgIpc) is 2.84. The van der Waals surface area contributed by atoms with Crippen molar-refractivity contribution in [3.05, 3.63) is 98.2 Å². The van der Waals surface area contributed by atoms with Gasteiger partial charge in [-0.3, -0.25) is 9.59 Å². The molecule has 1 atom stereocenters. The molecule has 0 saturated carbocycles. The zero-order valence-electron chi connectivity index (χ0n) is 15.3. The molecule has 0 aromatic heterocycles. The third-order valence-electron chi connectivity index (χ3n) is 4.82. The second kappa shape index (κ2) is 8.26. The summed E-state index contributed by atoms with van der Waals surface area (Å²) in [5.41, 5.74) is 1.95. The Morgan fingerprint density at radius 2 is 1.63 bits per heavy atom. The SMILES string of the molecule is O=C1CN(C(=O)c2ccc(Cl)cc2Cl)C(c2ccc(F)cc2)c2cc(Cl)ccc2N1. The molecule has 4 rings (SSSR count). The lowest BCUT2D eigenvalue weighted by molar-refractivity contribution is -0.117. The molecule has 1 aliphatic heterocycles. The van der Waals surface area contributed by atoms with Crippen molar-refractivity contribution >= 4 is 52.3 Å². The number of fused-ring (bicyclic) bond motifs is 1. The molecule has 1 unspecified atom stereocenters. The summed E-state index contributed by atoms with van der Waals surface area (Å²) in [6, 6.07) is 14.6. The number of carbonyl (C=O) groups is 2. The van der Waals surface area contributed by atoms with Gasteiger partial charge in [-0.2, -0.15) is 0 Å². The zero-order valence-corrected chi connectivity index (χ0v) is 17.6. The van der Waals surface area contributed by atoms with Crippen molar-refractivity contribution in [3.8, 4) is 0 Å². The van der Waals surface area contributed by atoms with E-state index >= 15 is 0 Å². The summed E-state index contributed by atoms with van der Waals surface area (Å²) in [4.78, 5) is 27.5. The van der Waals surface area contributed by atoms with Crippen LogP contribution in [0.25, 0.3) is 0 Å². The van der Waals surface area contributed by atoms with Gasteiger partial charge in [0.1, 0.15) is 12.4 Å². The molecule has 1 heterocycles. The summed E-state index contributed by atoms with van der Waals surface area (Å²) in [6.45, 7) is -0.230. The number of carbonyl (C=O) groups excluding carboxylic acids is 2. The van der Waals surface area contributed by atoms with Crippen LogP contribution < -0.4 is 5.32 Å². The first-order valence-electron chi connectivity index (χ1n) is 8.94. The van der Waals surface area contributed by atoms with Crippen LogP contribution in [-0.2, 0) is 4.79 Å². The molecule has 0 aliphatic carbocycles. The Morgan fingerprint density at radius 3 is 2.33 bits per heavy atom. The van der Waals surface area contributed by atoms with Crippen LogP contribution in [0.5, 0.6) is 0 Å². The predicted octanol–water partition coefficient (Wildman–Crippen LogP) is 5.97. The van der Waals surface area contributed by atoms with E-state index in [4.69, 9.17) is 34.8 Å².